The van der Waals surface area contributed by atoms with Crippen LogP contribution in [0.25, 0.3) is 0 Å². The van der Waals surface area contributed by atoms with Crippen molar-refractivity contribution in [2.75, 3.05) is 59.5 Å². The summed E-state index contributed by atoms with van der Waals surface area (Å²) in [7, 11) is 2.20. The zero-order valence-corrected chi connectivity index (χ0v) is 11.9. The smallest absolute Gasteiger partial charge is 0.0586 e. The SMILES string of the molecule is CN1CCN(CCN2CCCCCC2CO)CC1. The lowest BCUT2D eigenvalue weighted by Crippen LogP contribution is -2.48. The van der Waals surface area contributed by atoms with Gasteiger partial charge in [-0.25, -0.2) is 0 Å². The van der Waals surface area contributed by atoms with E-state index in [0.29, 0.717) is 12.6 Å². The summed E-state index contributed by atoms with van der Waals surface area (Å²) < 4.78 is 0. The highest BCUT2D eigenvalue weighted by atomic mass is 16.3. The quantitative estimate of drug-likeness (QED) is 0.791. The summed E-state index contributed by atoms with van der Waals surface area (Å²) in [6.07, 6.45) is 5.11. The summed E-state index contributed by atoms with van der Waals surface area (Å²) in [6, 6.07) is 0.417. The van der Waals surface area contributed by atoms with E-state index in [2.05, 4.69) is 21.7 Å². The first kappa shape index (κ1) is 14.3. The van der Waals surface area contributed by atoms with Crippen molar-refractivity contribution in [3.8, 4) is 0 Å². The number of likely N-dealkylation sites (N-methyl/N-ethyl adjacent to an activating group) is 1. The van der Waals surface area contributed by atoms with Gasteiger partial charge in [-0.3, -0.25) is 9.80 Å². The Hall–Kier alpha value is -0.160. The Bertz CT molecular complexity index is 229. The molecule has 0 spiro atoms. The van der Waals surface area contributed by atoms with Crippen molar-refractivity contribution in [1.82, 2.24) is 14.7 Å². The molecular weight excluding hydrogens is 226 g/mol. The molecule has 2 aliphatic rings. The molecule has 0 aromatic heterocycles. The predicted molar refractivity (Wildman–Crippen MR) is 74.9 cm³/mol. The molecule has 2 heterocycles. The highest BCUT2D eigenvalue weighted by molar-refractivity contribution is 4.77. The maximum atomic E-state index is 9.50. The Morgan fingerprint density at radius 2 is 1.72 bits per heavy atom. The van der Waals surface area contributed by atoms with Crippen LogP contribution in [-0.2, 0) is 0 Å². The normalized spacial score (nSPS) is 29.3. The summed E-state index contributed by atoms with van der Waals surface area (Å²) in [5.74, 6) is 0. The summed E-state index contributed by atoms with van der Waals surface area (Å²) in [6.45, 7) is 8.62. The van der Waals surface area contributed by atoms with Gasteiger partial charge in [-0.05, 0) is 26.4 Å². The second-order valence-electron chi connectivity index (χ2n) is 5.87. The monoisotopic (exact) mass is 255 g/mol. The van der Waals surface area contributed by atoms with Gasteiger partial charge in [-0.1, -0.05) is 12.8 Å². The molecule has 106 valence electrons. The average Bonchev–Trinajstić information content (AvgIpc) is 2.63. The first-order valence-corrected chi connectivity index (χ1v) is 7.55. The largest absolute Gasteiger partial charge is 0.395 e. The molecular formula is C14H29N3O. The number of aliphatic hydroxyl groups excluding tert-OH is 1. The molecule has 1 unspecified atom stereocenters. The Morgan fingerprint density at radius 1 is 0.944 bits per heavy atom. The number of nitrogens with zero attached hydrogens (tertiary/aromatic N) is 3. The summed E-state index contributed by atoms with van der Waals surface area (Å²) in [5.41, 5.74) is 0. The first-order valence-electron chi connectivity index (χ1n) is 7.55. The zero-order valence-electron chi connectivity index (χ0n) is 11.9. The van der Waals surface area contributed by atoms with Gasteiger partial charge in [0, 0.05) is 45.3 Å². The van der Waals surface area contributed by atoms with Crippen LogP contribution < -0.4 is 0 Å². The van der Waals surface area contributed by atoms with Crippen LogP contribution in [0.15, 0.2) is 0 Å². The molecule has 0 amide bonds. The van der Waals surface area contributed by atoms with Crippen LogP contribution in [0, 0.1) is 0 Å². The lowest BCUT2D eigenvalue weighted by molar-refractivity contribution is 0.0943. The summed E-state index contributed by atoms with van der Waals surface area (Å²) in [5, 5.41) is 9.50. The van der Waals surface area contributed by atoms with Gasteiger partial charge in [0.1, 0.15) is 0 Å². The third kappa shape index (κ3) is 4.19. The van der Waals surface area contributed by atoms with Crippen LogP contribution in [0.1, 0.15) is 25.7 Å². The lowest BCUT2D eigenvalue weighted by atomic mass is 10.1. The summed E-state index contributed by atoms with van der Waals surface area (Å²) in [4.78, 5) is 7.49. The Morgan fingerprint density at radius 3 is 2.44 bits per heavy atom. The fourth-order valence-corrected chi connectivity index (χ4v) is 3.08. The van der Waals surface area contributed by atoms with Crippen molar-refractivity contribution in [1.29, 1.82) is 0 Å². The highest BCUT2D eigenvalue weighted by Gasteiger charge is 2.21. The Labute approximate surface area is 112 Å². The fraction of sp³-hybridized carbons (Fsp3) is 1.00. The van der Waals surface area contributed by atoms with Gasteiger partial charge < -0.3 is 10.0 Å². The number of likely N-dealkylation sites (tertiary alicyclic amines) is 1. The maximum absolute atomic E-state index is 9.50. The van der Waals surface area contributed by atoms with Gasteiger partial charge in [0.15, 0.2) is 0 Å². The molecule has 0 radical (unpaired) electrons. The zero-order chi connectivity index (χ0) is 12.8. The Balaban J connectivity index is 1.73. The molecule has 2 rings (SSSR count). The first-order chi connectivity index (χ1) is 8.79. The van der Waals surface area contributed by atoms with E-state index < -0.39 is 0 Å². The molecule has 0 aromatic carbocycles. The van der Waals surface area contributed by atoms with Crippen molar-refractivity contribution in [3.05, 3.63) is 0 Å². The van der Waals surface area contributed by atoms with Gasteiger partial charge in [0.25, 0.3) is 0 Å². The molecule has 4 heteroatoms. The second-order valence-corrected chi connectivity index (χ2v) is 5.87. The predicted octanol–water partition coefficient (Wildman–Crippen LogP) is 0.471. The van der Waals surface area contributed by atoms with E-state index in [1.807, 2.05) is 0 Å². The van der Waals surface area contributed by atoms with Gasteiger partial charge in [-0.2, -0.15) is 0 Å². The summed E-state index contributed by atoms with van der Waals surface area (Å²) >= 11 is 0. The molecule has 2 saturated heterocycles. The second kappa shape index (κ2) is 7.43. The van der Waals surface area contributed by atoms with Crippen molar-refractivity contribution in [2.24, 2.45) is 0 Å². The van der Waals surface area contributed by atoms with E-state index in [0.717, 1.165) is 6.54 Å². The maximum Gasteiger partial charge on any atom is 0.0586 e. The third-order valence-electron chi connectivity index (χ3n) is 4.51. The topological polar surface area (TPSA) is 30.0 Å². The minimum Gasteiger partial charge on any atom is -0.395 e. The molecule has 2 aliphatic heterocycles. The van der Waals surface area contributed by atoms with E-state index in [4.69, 9.17) is 0 Å². The number of rotatable bonds is 4. The van der Waals surface area contributed by atoms with Gasteiger partial charge in [0.05, 0.1) is 6.61 Å². The van der Waals surface area contributed by atoms with Crippen molar-refractivity contribution in [2.45, 2.75) is 31.7 Å². The van der Waals surface area contributed by atoms with Crippen molar-refractivity contribution < 1.29 is 5.11 Å². The van der Waals surface area contributed by atoms with E-state index in [1.165, 1.54) is 65.0 Å². The number of hydrogen-bond acceptors (Lipinski definition) is 4. The molecule has 1 N–H and O–H groups in total. The molecule has 0 bridgehead atoms. The van der Waals surface area contributed by atoms with Crippen LogP contribution in [0.4, 0.5) is 0 Å². The van der Waals surface area contributed by atoms with Crippen LogP contribution in [0.3, 0.4) is 0 Å². The van der Waals surface area contributed by atoms with E-state index >= 15 is 0 Å². The van der Waals surface area contributed by atoms with Crippen molar-refractivity contribution in [3.63, 3.8) is 0 Å². The van der Waals surface area contributed by atoms with Gasteiger partial charge in [0.2, 0.25) is 0 Å². The number of aliphatic hydroxyl groups is 1. The molecule has 2 fully saturated rings. The van der Waals surface area contributed by atoms with Gasteiger partial charge >= 0.3 is 0 Å². The van der Waals surface area contributed by atoms with Crippen LogP contribution in [0.2, 0.25) is 0 Å². The number of hydrogen-bond donors (Lipinski definition) is 1. The van der Waals surface area contributed by atoms with E-state index in [1.54, 1.807) is 0 Å². The highest BCUT2D eigenvalue weighted by Crippen LogP contribution is 2.16. The average molecular weight is 255 g/mol. The molecule has 18 heavy (non-hydrogen) atoms. The van der Waals surface area contributed by atoms with Crippen molar-refractivity contribution >= 4 is 0 Å². The van der Waals surface area contributed by atoms with E-state index in [9.17, 15) is 5.11 Å². The minimum absolute atomic E-state index is 0.336. The van der Waals surface area contributed by atoms with Crippen LogP contribution >= 0.6 is 0 Å². The molecule has 1 atom stereocenters. The molecule has 0 saturated carbocycles. The minimum atomic E-state index is 0.336. The third-order valence-corrected chi connectivity index (χ3v) is 4.51. The van der Waals surface area contributed by atoms with Gasteiger partial charge in [-0.15, -0.1) is 0 Å². The fourth-order valence-electron chi connectivity index (χ4n) is 3.08. The molecule has 0 aromatic rings. The Kier molecular flexibility index (Phi) is 5.89. The van der Waals surface area contributed by atoms with Crippen LogP contribution in [-0.4, -0.2) is 85.3 Å². The van der Waals surface area contributed by atoms with E-state index in [-0.39, 0.29) is 0 Å². The molecule has 4 nitrogen and oxygen atoms in total. The molecule has 0 aliphatic carbocycles. The number of piperazine rings is 1. The van der Waals surface area contributed by atoms with Crippen LogP contribution in [0.5, 0.6) is 0 Å². The lowest BCUT2D eigenvalue weighted by Gasteiger charge is -2.35. The standard InChI is InChI=1S/C14H29N3O/c1-15-7-9-16(10-8-15)11-12-17-6-4-2-3-5-14(17)13-18/h14,18H,2-13H2,1H3.